The zero-order valence-corrected chi connectivity index (χ0v) is 74.6. The molecule has 0 atom stereocenters. The minimum Gasteiger partial charge on any atom is -0.494 e. The summed E-state index contributed by atoms with van der Waals surface area (Å²) in [5, 5.41) is 17.2. The molecule has 13 aromatic carbocycles. The van der Waals surface area contributed by atoms with Gasteiger partial charge in [0.1, 0.15) is 28.7 Å². The number of alkyl halides is 3. The highest BCUT2D eigenvalue weighted by atomic mass is 19.4. The second-order valence-electron chi connectivity index (χ2n) is 37.2. The lowest BCUT2D eigenvalue weighted by molar-refractivity contribution is -0.137. The van der Waals surface area contributed by atoms with Gasteiger partial charge in [0, 0.05) is 97.2 Å². The first-order valence-electron chi connectivity index (χ1n) is 43.2. The van der Waals surface area contributed by atoms with Crippen molar-refractivity contribution >= 4 is 65.4 Å². The third-order valence-corrected chi connectivity index (χ3v) is 26.0. The smallest absolute Gasteiger partial charge is 0.420 e. The van der Waals surface area contributed by atoms with Crippen LogP contribution in [-0.2, 0) is 38.7 Å². The molecule has 19 aromatic rings. The summed E-state index contributed by atoms with van der Waals surface area (Å²) in [5.41, 5.74) is 20.2. The van der Waals surface area contributed by atoms with Crippen LogP contribution in [0, 0.1) is 11.3 Å². The average molecular weight is 1660 g/mol. The molecule has 0 unspecified atom stereocenters. The molecule has 0 saturated carbocycles. The molecule has 630 valence electrons. The van der Waals surface area contributed by atoms with Crippen molar-refractivity contribution < 1.29 is 22.6 Å². The molecule has 0 amide bonds. The second kappa shape index (κ2) is 32.6. The third kappa shape index (κ3) is 14.9. The summed E-state index contributed by atoms with van der Waals surface area (Å²) in [7, 11) is 3.45. The van der Waals surface area contributed by atoms with E-state index >= 15 is 13.2 Å². The van der Waals surface area contributed by atoms with E-state index in [1.165, 1.54) is 54.9 Å². The van der Waals surface area contributed by atoms with Gasteiger partial charge in [-0.25, -0.2) is 0 Å². The van der Waals surface area contributed by atoms with Crippen LogP contribution in [0.25, 0.3) is 99.5 Å². The molecule has 12 heteroatoms. The molecule has 0 fully saturated rings. The maximum atomic E-state index is 15.5. The Morgan fingerprint density at radius 1 is 0.246 bits per heavy atom. The third-order valence-electron chi connectivity index (χ3n) is 26.0. The molecule has 0 radical (unpaired) electrons. The molecule has 6 aromatic heterocycles. The fraction of sp³-hybridized carbons (Fsp3) is 0.202. The Morgan fingerprint density at radius 2 is 0.460 bits per heavy atom. The molecule has 0 saturated heterocycles. The van der Waals surface area contributed by atoms with Crippen molar-refractivity contribution in [2.75, 3.05) is 14.2 Å². The molecule has 0 bridgehead atoms. The summed E-state index contributed by atoms with van der Waals surface area (Å²) in [4.78, 5) is 0. The van der Waals surface area contributed by atoms with Gasteiger partial charge in [0.05, 0.1) is 81.4 Å². The van der Waals surface area contributed by atoms with Crippen molar-refractivity contribution in [1.29, 1.82) is 5.26 Å². The van der Waals surface area contributed by atoms with Gasteiger partial charge in [0.2, 0.25) is 0 Å². The maximum absolute atomic E-state index is 15.5. The van der Waals surface area contributed by atoms with Gasteiger partial charge >= 0.3 is 6.18 Å². The monoisotopic (exact) mass is 1660 g/mol. The topological polar surface area (TPSA) is 71.8 Å². The van der Waals surface area contributed by atoms with Crippen LogP contribution in [0.2, 0.25) is 0 Å². The number of fused-ring (bicyclic) bond motifs is 6. The number of para-hydroxylation sites is 6. The number of ether oxygens (including phenoxy) is 2. The highest BCUT2D eigenvalue weighted by molar-refractivity contribution is 5.94. The molecule has 0 N–H and O–H groups in total. The number of benzene rings is 13. The molecular formula is C114H106F3N7O2. The Kier molecular flexibility index (Phi) is 21.8. The standard InChI is InChI=1S/C42H40N2O2.C41H35F3N2.C31H31N3/c1-41(2,29-17-9-7-10-18-29)33-27-43(35-23-15-13-21-31(33)35)37-25-38(40(46-6)26-39(37)45-5)44-28-34(32-22-14-16-24-36(32)44)42(3,4)30-19-11-8-12-20-30;1-39(2,28-16-7-5-8-17-28)32-26-45(34-22-13-11-20-30(32)34)36-24-15-25-37(38(36)41(42,43)44)46-27-33(31-21-12-14-23-35(31)46)40(3,4)29-18-9-6-10-19-29;1-30(2,3)24-19-33(26-14-9-7-12-21(24)26)28-16-11-17-29(23(28)18-32)34-20-25(31(4,5)6)22-13-8-10-15-27(22)34/h7-28H,1-6H3;5-27H,1-4H3;7-17,19-20H,1-6H3. The van der Waals surface area contributed by atoms with Crippen LogP contribution in [0.15, 0.2) is 353 Å². The molecule has 6 heterocycles. The van der Waals surface area contributed by atoms with E-state index in [-0.39, 0.29) is 33.0 Å². The summed E-state index contributed by atoms with van der Waals surface area (Å²) in [5.74, 6) is 1.48. The molecule has 0 aliphatic heterocycles. The van der Waals surface area contributed by atoms with E-state index in [1.807, 2.05) is 103 Å². The zero-order chi connectivity index (χ0) is 88.6. The van der Waals surface area contributed by atoms with Gasteiger partial charge in [0.25, 0.3) is 0 Å². The number of halogens is 3. The van der Waals surface area contributed by atoms with E-state index in [9.17, 15) is 5.26 Å². The number of hydrogen-bond acceptors (Lipinski definition) is 3. The first-order chi connectivity index (χ1) is 60.4. The number of methoxy groups -OCH3 is 2. The number of hydrogen-bond donors (Lipinski definition) is 0. The molecule has 0 aliphatic carbocycles. The largest absolute Gasteiger partial charge is 0.494 e. The summed E-state index contributed by atoms with van der Waals surface area (Å²) < 4.78 is 70.9. The first-order valence-corrected chi connectivity index (χ1v) is 43.2. The van der Waals surface area contributed by atoms with E-state index < -0.39 is 22.6 Å². The fourth-order valence-corrected chi connectivity index (χ4v) is 19.0. The minimum absolute atomic E-state index is 0.00644. The molecule has 9 nitrogen and oxygen atoms in total. The van der Waals surface area contributed by atoms with Crippen molar-refractivity contribution in [3.8, 4) is 51.7 Å². The molecule has 0 aliphatic rings. The summed E-state index contributed by atoms with van der Waals surface area (Å²) >= 11 is 0. The predicted molar refractivity (Wildman–Crippen MR) is 515 cm³/mol. The highest BCUT2D eigenvalue weighted by Gasteiger charge is 2.41. The number of rotatable bonds is 16. The molecule has 126 heavy (non-hydrogen) atoms. The second-order valence-corrected chi connectivity index (χ2v) is 37.2. The Bertz CT molecular complexity index is 6900. The molecule has 19 rings (SSSR count). The van der Waals surface area contributed by atoms with Gasteiger partial charge in [-0.15, -0.1) is 0 Å². The quantitative estimate of drug-likeness (QED) is 0.0968. The van der Waals surface area contributed by atoms with Crippen LogP contribution in [0.5, 0.6) is 11.5 Å². The Balaban J connectivity index is 0.000000135. The maximum Gasteiger partial charge on any atom is 0.420 e. The Hall–Kier alpha value is -14.0. The zero-order valence-electron chi connectivity index (χ0n) is 74.6. The van der Waals surface area contributed by atoms with E-state index in [4.69, 9.17) is 9.47 Å². The van der Waals surface area contributed by atoms with Crippen LogP contribution in [0.3, 0.4) is 0 Å². The van der Waals surface area contributed by atoms with E-state index in [0.29, 0.717) is 5.56 Å². The van der Waals surface area contributed by atoms with Crippen molar-refractivity contribution in [2.24, 2.45) is 0 Å². The number of aromatic nitrogens is 6. The molecule has 0 spiro atoms. The van der Waals surface area contributed by atoms with E-state index in [1.54, 1.807) is 41.6 Å². The number of nitriles is 1. The lowest BCUT2D eigenvalue weighted by Gasteiger charge is -2.25. The summed E-state index contributed by atoms with van der Waals surface area (Å²) in [6.45, 7) is 31.1. The van der Waals surface area contributed by atoms with Crippen molar-refractivity contribution in [2.45, 2.75) is 136 Å². The average Bonchev–Trinajstić information content (AvgIpc) is 1.57. The van der Waals surface area contributed by atoms with Gasteiger partial charge in [-0.1, -0.05) is 340 Å². The summed E-state index contributed by atoms with van der Waals surface area (Å²) in [6, 6.07) is 109. The highest BCUT2D eigenvalue weighted by Crippen LogP contribution is 2.49. The minimum atomic E-state index is -4.63. The molecular weight excluding hydrogens is 1560 g/mol. The van der Waals surface area contributed by atoms with E-state index in [0.717, 1.165) is 100 Å². The predicted octanol–water partition coefficient (Wildman–Crippen LogP) is 29.5. The van der Waals surface area contributed by atoms with Gasteiger partial charge < -0.3 is 36.9 Å². The Morgan fingerprint density at radius 3 is 0.698 bits per heavy atom. The first kappa shape index (κ1) is 84.2. The SMILES string of the molecule is CC(C)(C)c1cn(-c2cccc(-n3cc(C(C)(C)C)c4ccccc43)c2C#N)c2ccccc12.CC(C)(c1ccccc1)c1cn(-c2cccc(-n3cc(C(C)(C)c4ccccc4)c4ccccc43)c2C(F)(F)F)c2ccccc12.COc1cc(OC)c(-n2cc(C(C)(C)c3ccccc3)c3ccccc32)cc1-n1cc(C(C)(C)c2ccccc2)c2ccccc21. The van der Waals surface area contributed by atoms with Crippen LogP contribution in [-0.4, -0.2) is 41.6 Å². The van der Waals surface area contributed by atoms with Crippen molar-refractivity contribution in [3.05, 3.63) is 419 Å². The fourth-order valence-electron chi connectivity index (χ4n) is 19.0. The van der Waals surface area contributed by atoms with Gasteiger partial charge in [0.15, 0.2) is 0 Å². The van der Waals surface area contributed by atoms with Gasteiger partial charge in [-0.2, -0.15) is 18.4 Å². The van der Waals surface area contributed by atoms with Crippen LogP contribution >= 0.6 is 0 Å². The van der Waals surface area contributed by atoms with Crippen LogP contribution in [0.4, 0.5) is 13.2 Å². The van der Waals surface area contributed by atoms with Gasteiger partial charge in [-0.3, -0.25) is 0 Å². The van der Waals surface area contributed by atoms with Crippen molar-refractivity contribution in [3.63, 3.8) is 0 Å². The number of nitrogens with zero attached hydrogens (tertiary/aromatic N) is 7. The summed E-state index contributed by atoms with van der Waals surface area (Å²) in [6.07, 6.45) is 8.13. The van der Waals surface area contributed by atoms with Crippen LogP contribution in [0.1, 0.15) is 164 Å². The lowest BCUT2D eigenvalue weighted by Crippen LogP contribution is -2.19. The Labute approximate surface area is 737 Å². The lowest BCUT2D eigenvalue weighted by atomic mass is 9.78. The normalized spacial score (nSPS) is 12.4. The van der Waals surface area contributed by atoms with Crippen molar-refractivity contribution in [1.82, 2.24) is 27.4 Å². The van der Waals surface area contributed by atoms with Gasteiger partial charge in [-0.05, 0) is 133 Å². The van der Waals surface area contributed by atoms with Crippen LogP contribution < -0.4 is 9.47 Å². The van der Waals surface area contributed by atoms with E-state index in [2.05, 4.69) is 352 Å².